The molecular formula is C8H10N2O3. The Balaban J connectivity index is 2.53. The number of aromatic nitrogens is 2. The highest BCUT2D eigenvalue weighted by atomic mass is 16.5. The molecule has 0 amide bonds. The molecule has 0 aliphatic heterocycles. The van der Waals surface area contributed by atoms with E-state index in [4.69, 9.17) is 0 Å². The summed E-state index contributed by atoms with van der Waals surface area (Å²) < 4.78 is 6.06. The zero-order valence-corrected chi connectivity index (χ0v) is 7.27. The largest absolute Gasteiger partial charge is 0.469 e. The van der Waals surface area contributed by atoms with Crippen LogP contribution in [-0.2, 0) is 16.1 Å². The molecule has 0 spiro atoms. The number of rotatable bonds is 4. The molecule has 13 heavy (non-hydrogen) atoms. The molecule has 0 atom stereocenters. The molecule has 0 aliphatic rings. The summed E-state index contributed by atoms with van der Waals surface area (Å²) in [4.78, 5) is 24.9. The normalized spacial score (nSPS) is 9.62. The van der Waals surface area contributed by atoms with E-state index < -0.39 is 0 Å². The zero-order valence-electron chi connectivity index (χ0n) is 7.27. The van der Waals surface area contributed by atoms with Gasteiger partial charge >= 0.3 is 5.97 Å². The molecular weight excluding hydrogens is 172 g/mol. The van der Waals surface area contributed by atoms with Gasteiger partial charge in [0.25, 0.3) is 0 Å². The van der Waals surface area contributed by atoms with E-state index in [1.54, 1.807) is 10.8 Å². The fourth-order valence-corrected chi connectivity index (χ4v) is 0.942. The smallest absolute Gasteiger partial charge is 0.307 e. The van der Waals surface area contributed by atoms with Crippen LogP contribution in [0.25, 0.3) is 0 Å². The van der Waals surface area contributed by atoms with Gasteiger partial charge in [-0.2, -0.15) is 0 Å². The second-order valence-corrected chi connectivity index (χ2v) is 2.42. The van der Waals surface area contributed by atoms with Crippen LogP contribution in [0.1, 0.15) is 17.0 Å². The lowest BCUT2D eigenvalue weighted by Crippen LogP contribution is -2.08. The maximum atomic E-state index is 10.8. The number of nitrogens with zero attached hydrogens (tertiary/aromatic N) is 2. The summed E-state index contributed by atoms with van der Waals surface area (Å²) in [6.07, 6.45) is 4.05. The van der Waals surface area contributed by atoms with Crippen molar-refractivity contribution < 1.29 is 14.3 Å². The first kappa shape index (κ1) is 9.44. The van der Waals surface area contributed by atoms with Crippen LogP contribution in [0.4, 0.5) is 0 Å². The first-order chi connectivity index (χ1) is 6.27. The van der Waals surface area contributed by atoms with Crippen LogP contribution < -0.4 is 0 Å². The molecule has 1 aromatic heterocycles. The van der Waals surface area contributed by atoms with Crippen LogP contribution in [0.15, 0.2) is 12.4 Å². The third-order valence-corrected chi connectivity index (χ3v) is 1.64. The highest BCUT2D eigenvalue weighted by Crippen LogP contribution is 1.97. The third kappa shape index (κ3) is 2.40. The van der Waals surface area contributed by atoms with Crippen LogP contribution in [0.3, 0.4) is 0 Å². The molecule has 1 heterocycles. The van der Waals surface area contributed by atoms with Crippen LogP contribution in [0.2, 0.25) is 0 Å². The number of methoxy groups -OCH3 is 1. The zero-order chi connectivity index (χ0) is 9.68. The van der Waals surface area contributed by atoms with Crippen molar-refractivity contribution in [1.82, 2.24) is 9.55 Å². The number of aldehydes is 1. The van der Waals surface area contributed by atoms with Gasteiger partial charge in [-0.05, 0) is 0 Å². The molecule has 0 unspecified atom stereocenters. The van der Waals surface area contributed by atoms with Gasteiger partial charge in [0.15, 0.2) is 12.1 Å². The van der Waals surface area contributed by atoms with Crippen molar-refractivity contribution in [2.45, 2.75) is 13.0 Å². The number of ether oxygens (including phenoxy) is 1. The van der Waals surface area contributed by atoms with E-state index >= 15 is 0 Å². The van der Waals surface area contributed by atoms with Gasteiger partial charge in [0.1, 0.15) is 0 Å². The molecule has 0 saturated carbocycles. The van der Waals surface area contributed by atoms with Crippen LogP contribution >= 0.6 is 0 Å². The van der Waals surface area contributed by atoms with Crippen molar-refractivity contribution in [1.29, 1.82) is 0 Å². The van der Waals surface area contributed by atoms with Crippen molar-refractivity contribution in [3.8, 4) is 0 Å². The number of aryl methyl sites for hydroxylation is 1. The summed E-state index contributed by atoms with van der Waals surface area (Å²) in [7, 11) is 1.33. The van der Waals surface area contributed by atoms with E-state index in [0.29, 0.717) is 18.7 Å². The highest BCUT2D eigenvalue weighted by molar-refractivity contribution is 5.70. The molecule has 1 rings (SSSR count). The Labute approximate surface area is 75.3 Å². The van der Waals surface area contributed by atoms with E-state index in [1.807, 2.05) is 0 Å². The Kier molecular flexibility index (Phi) is 3.19. The first-order valence-electron chi connectivity index (χ1n) is 3.81. The molecule has 0 aliphatic carbocycles. The summed E-state index contributed by atoms with van der Waals surface area (Å²) in [5, 5.41) is 0. The number of hydrogen-bond donors (Lipinski definition) is 0. The number of carbonyl (C=O) groups excluding carboxylic acids is 2. The molecule has 0 N–H and O–H groups in total. The van der Waals surface area contributed by atoms with E-state index in [1.165, 1.54) is 13.3 Å². The van der Waals surface area contributed by atoms with Crippen molar-refractivity contribution in [2.24, 2.45) is 0 Å². The van der Waals surface area contributed by atoms with Gasteiger partial charge in [0.2, 0.25) is 0 Å². The molecule has 0 fully saturated rings. The van der Waals surface area contributed by atoms with Crippen molar-refractivity contribution in [2.75, 3.05) is 7.11 Å². The standard InChI is InChI=1S/C8H10N2O3/c1-13-8(12)2-4-10-5-3-9-7(10)6-11/h3,5-6H,2,4H2,1H3. The summed E-state index contributed by atoms with van der Waals surface area (Å²) in [6, 6.07) is 0. The summed E-state index contributed by atoms with van der Waals surface area (Å²) in [5.41, 5.74) is 0. The summed E-state index contributed by atoms with van der Waals surface area (Å²) >= 11 is 0. The van der Waals surface area contributed by atoms with Gasteiger partial charge in [-0.15, -0.1) is 0 Å². The average molecular weight is 182 g/mol. The van der Waals surface area contributed by atoms with Gasteiger partial charge in [-0.25, -0.2) is 4.98 Å². The van der Waals surface area contributed by atoms with Crippen LogP contribution in [0, 0.1) is 0 Å². The molecule has 70 valence electrons. The van der Waals surface area contributed by atoms with E-state index in [-0.39, 0.29) is 12.4 Å². The number of carbonyl (C=O) groups is 2. The predicted molar refractivity (Wildman–Crippen MR) is 44.2 cm³/mol. The molecule has 5 nitrogen and oxygen atoms in total. The Bertz CT molecular complexity index is 306. The SMILES string of the molecule is COC(=O)CCn1ccnc1C=O. The van der Waals surface area contributed by atoms with Crippen LogP contribution in [-0.4, -0.2) is 28.9 Å². The van der Waals surface area contributed by atoms with Crippen LogP contribution in [0.5, 0.6) is 0 Å². The molecule has 0 bridgehead atoms. The molecule has 0 saturated heterocycles. The predicted octanol–water partition coefficient (Wildman–Crippen LogP) is 0.259. The minimum atomic E-state index is -0.300. The van der Waals surface area contributed by atoms with E-state index in [0.717, 1.165) is 0 Å². The maximum Gasteiger partial charge on any atom is 0.307 e. The maximum absolute atomic E-state index is 10.8. The Morgan fingerprint density at radius 1 is 1.77 bits per heavy atom. The molecule has 5 heteroatoms. The topological polar surface area (TPSA) is 61.2 Å². The number of imidazole rings is 1. The Hall–Kier alpha value is -1.65. The third-order valence-electron chi connectivity index (χ3n) is 1.64. The van der Waals surface area contributed by atoms with Gasteiger partial charge in [-0.3, -0.25) is 9.59 Å². The molecule has 1 aromatic rings. The van der Waals surface area contributed by atoms with Gasteiger partial charge < -0.3 is 9.30 Å². The minimum Gasteiger partial charge on any atom is -0.469 e. The van der Waals surface area contributed by atoms with Crippen molar-refractivity contribution in [3.63, 3.8) is 0 Å². The van der Waals surface area contributed by atoms with E-state index in [9.17, 15) is 9.59 Å². The average Bonchev–Trinajstić information content (AvgIpc) is 2.61. The Morgan fingerprint density at radius 2 is 2.54 bits per heavy atom. The minimum absolute atomic E-state index is 0.244. The fraction of sp³-hybridized carbons (Fsp3) is 0.375. The monoisotopic (exact) mass is 182 g/mol. The van der Waals surface area contributed by atoms with Crippen molar-refractivity contribution >= 4 is 12.3 Å². The van der Waals surface area contributed by atoms with E-state index in [2.05, 4.69) is 9.72 Å². The number of hydrogen-bond acceptors (Lipinski definition) is 4. The summed E-state index contributed by atoms with van der Waals surface area (Å²) in [6.45, 7) is 0.417. The quantitative estimate of drug-likeness (QED) is 0.495. The highest BCUT2D eigenvalue weighted by Gasteiger charge is 2.04. The lowest BCUT2D eigenvalue weighted by atomic mass is 10.4. The molecule has 0 radical (unpaired) electrons. The second kappa shape index (κ2) is 4.39. The molecule has 0 aromatic carbocycles. The Morgan fingerprint density at radius 3 is 3.15 bits per heavy atom. The van der Waals surface area contributed by atoms with Crippen molar-refractivity contribution in [3.05, 3.63) is 18.2 Å². The fourth-order valence-electron chi connectivity index (χ4n) is 0.942. The lowest BCUT2D eigenvalue weighted by molar-refractivity contribution is -0.140. The summed E-state index contributed by atoms with van der Waals surface area (Å²) in [5.74, 6) is 0.0226. The lowest BCUT2D eigenvalue weighted by Gasteiger charge is -2.01. The van der Waals surface area contributed by atoms with Gasteiger partial charge in [-0.1, -0.05) is 0 Å². The van der Waals surface area contributed by atoms with Gasteiger partial charge in [0, 0.05) is 18.9 Å². The van der Waals surface area contributed by atoms with Gasteiger partial charge in [0.05, 0.1) is 13.5 Å². The first-order valence-corrected chi connectivity index (χ1v) is 3.81. The second-order valence-electron chi connectivity index (χ2n) is 2.42. The number of esters is 1.